The Balaban J connectivity index is 1.88. The first-order chi connectivity index (χ1) is 9.14. The molecule has 1 saturated carbocycles. The number of hydrogen-bond donors (Lipinski definition) is 1. The van der Waals surface area contributed by atoms with Crippen molar-refractivity contribution in [1.29, 1.82) is 0 Å². The van der Waals surface area contributed by atoms with Crippen molar-refractivity contribution in [2.75, 3.05) is 6.61 Å². The maximum absolute atomic E-state index is 6.05. The van der Waals surface area contributed by atoms with Crippen LogP contribution in [0, 0.1) is 5.41 Å². The van der Waals surface area contributed by atoms with Gasteiger partial charge in [-0.3, -0.25) is 0 Å². The Kier molecular flexibility index (Phi) is 3.14. The molecular weight excluding hydrogens is 234 g/mol. The minimum atomic E-state index is 0.281. The lowest BCUT2D eigenvalue weighted by Crippen LogP contribution is -2.33. The van der Waals surface area contributed by atoms with Crippen LogP contribution in [0.25, 0.3) is 5.57 Å². The predicted molar refractivity (Wildman–Crippen MR) is 79.2 cm³/mol. The van der Waals surface area contributed by atoms with E-state index in [0.29, 0.717) is 6.04 Å². The largest absolute Gasteiger partial charge is 0.494 e. The van der Waals surface area contributed by atoms with Crippen molar-refractivity contribution in [3.63, 3.8) is 0 Å². The quantitative estimate of drug-likeness (QED) is 0.879. The lowest BCUT2D eigenvalue weighted by Gasteiger charge is -2.37. The fraction of sp³-hybridized carbons (Fsp3) is 0.529. The van der Waals surface area contributed by atoms with E-state index < -0.39 is 0 Å². The number of hydrogen-bond acceptors (Lipinski definition) is 2. The van der Waals surface area contributed by atoms with Crippen molar-refractivity contribution in [2.45, 2.75) is 45.1 Å². The lowest BCUT2D eigenvalue weighted by atomic mass is 9.69. The van der Waals surface area contributed by atoms with Crippen molar-refractivity contribution in [3.8, 4) is 5.75 Å². The van der Waals surface area contributed by atoms with Crippen molar-refractivity contribution >= 4 is 5.57 Å². The van der Waals surface area contributed by atoms with Crippen LogP contribution >= 0.6 is 0 Å². The van der Waals surface area contributed by atoms with Gasteiger partial charge in [0.1, 0.15) is 5.75 Å². The van der Waals surface area contributed by atoms with Crippen molar-refractivity contribution in [3.05, 3.63) is 35.9 Å². The Labute approximate surface area is 115 Å². The predicted octanol–water partition coefficient (Wildman–Crippen LogP) is 3.54. The molecule has 0 heterocycles. The third kappa shape index (κ3) is 2.08. The van der Waals surface area contributed by atoms with E-state index in [0.717, 1.165) is 31.6 Å². The number of ether oxygens (including phenoxy) is 1. The van der Waals surface area contributed by atoms with Crippen LogP contribution in [0.1, 0.15) is 43.7 Å². The van der Waals surface area contributed by atoms with Gasteiger partial charge in [-0.15, -0.1) is 0 Å². The fourth-order valence-electron chi connectivity index (χ4n) is 3.70. The molecular formula is C17H23NO. The average Bonchev–Trinajstić information content (AvgIpc) is 2.67. The number of nitrogens with two attached hydrogens (primary N) is 1. The van der Waals surface area contributed by atoms with Gasteiger partial charge in [-0.05, 0) is 73.3 Å². The molecule has 2 nitrogen and oxygen atoms in total. The molecule has 102 valence electrons. The van der Waals surface area contributed by atoms with E-state index in [-0.39, 0.29) is 5.41 Å². The maximum atomic E-state index is 6.05. The van der Waals surface area contributed by atoms with Gasteiger partial charge in [-0.25, -0.2) is 0 Å². The molecule has 2 aliphatic carbocycles. The molecule has 2 aliphatic rings. The van der Waals surface area contributed by atoms with E-state index in [4.69, 9.17) is 10.5 Å². The fourth-order valence-corrected chi connectivity index (χ4v) is 3.70. The summed E-state index contributed by atoms with van der Waals surface area (Å²) < 4.78 is 5.61. The minimum absolute atomic E-state index is 0.281. The molecule has 2 heteroatoms. The van der Waals surface area contributed by atoms with Gasteiger partial charge in [0.25, 0.3) is 0 Å². The second kappa shape index (κ2) is 4.68. The minimum Gasteiger partial charge on any atom is -0.494 e. The summed E-state index contributed by atoms with van der Waals surface area (Å²) in [5.74, 6) is 0.985. The average molecular weight is 257 g/mol. The van der Waals surface area contributed by atoms with Crippen LogP contribution in [0.5, 0.6) is 5.75 Å². The summed E-state index contributed by atoms with van der Waals surface area (Å²) in [7, 11) is 0. The summed E-state index contributed by atoms with van der Waals surface area (Å²) in [4.78, 5) is 0. The molecule has 0 aliphatic heterocycles. The van der Waals surface area contributed by atoms with E-state index >= 15 is 0 Å². The van der Waals surface area contributed by atoms with Gasteiger partial charge >= 0.3 is 0 Å². The number of benzene rings is 1. The third-order valence-corrected chi connectivity index (χ3v) is 4.87. The Morgan fingerprint density at radius 2 is 2.11 bits per heavy atom. The van der Waals surface area contributed by atoms with Crippen molar-refractivity contribution in [1.82, 2.24) is 0 Å². The van der Waals surface area contributed by atoms with E-state index in [9.17, 15) is 0 Å². The molecule has 2 N–H and O–H groups in total. The van der Waals surface area contributed by atoms with Gasteiger partial charge in [-0.2, -0.15) is 0 Å². The maximum Gasteiger partial charge on any atom is 0.119 e. The summed E-state index contributed by atoms with van der Waals surface area (Å²) in [6, 6.07) is 6.85. The summed E-state index contributed by atoms with van der Waals surface area (Å²) in [6.45, 7) is 7.14. The normalized spacial score (nSPS) is 29.6. The zero-order chi connectivity index (χ0) is 13.5. The molecule has 0 aromatic heterocycles. The molecule has 1 fully saturated rings. The highest BCUT2D eigenvalue weighted by molar-refractivity contribution is 5.76. The topological polar surface area (TPSA) is 35.2 Å². The van der Waals surface area contributed by atoms with Crippen molar-refractivity contribution in [2.24, 2.45) is 11.1 Å². The van der Waals surface area contributed by atoms with Gasteiger partial charge in [-0.1, -0.05) is 12.6 Å². The zero-order valence-corrected chi connectivity index (χ0v) is 11.7. The first kappa shape index (κ1) is 12.7. The summed E-state index contributed by atoms with van der Waals surface area (Å²) in [5, 5.41) is 0. The molecule has 3 rings (SSSR count). The second-order valence-corrected chi connectivity index (χ2v) is 6.03. The standard InChI is InChI=1S/C17H23NO/c1-3-19-15-4-5-16-12(2)17(11-13(16)10-15)8-6-14(18)7-9-17/h4-5,10,14H,2-3,6-9,11,18H2,1H3. The molecule has 0 unspecified atom stereocenters. The van der Waals surface area contributed by atoms with E-state index in [1.54, 1.807) is 0 Å². The highest BCUT2D eigenvalue weighted by atomic mass is 16.5. The Bertz CT molecular complexity index is 498. The lowest BCUT2D eigenvalue weighted by molar-refractivity contribution is 0.256. The molecule has 0 amide bonds. The van der Waals surface area contributed by atoms with Gasteiger partial charge < -0.3 is 10.5 Å². The molecule has 1 aromatic carbocycles. The highest BCUT2D eigenvalue weighted by Crippen LogP contribution is 2.54. The molecule has 0 atom stereocenters. The van der Waals surface area contributed by atoms with Gasteiger partial charge in [0.05, 0.1) is 6.61 Å². The Morgan fingerprint density at radius 3 is 2.79 bits per heavy atom. The molecule has 19 heavy (non-hydrogen) atoms. The summed E-state index contributed by atoms with van der Waals surface area (Å²) in [6.07, 6.45) is 5.75. The van der Waals surface area contributed by atoms with Crippen LogP contribution < -0.4 is 10.5 Å². The molecule has 0 saturated heterocycles. The molecule has 1 aromatic rings. The van der Waals surface area contributed by atoms with Gasteiger partial charge in [0, 0.05) is 6.04 Å². The SMILES string of the molecule is C=C1c2ccc(OCC)cc2CC12CCC(N)CC2. The van der Waals surface area contributed by atoms with Crippen LogP contribution in [0.4, 0.5) is 0 Å². The monoisotopic (exact) mass is 257 g/mol. The Hall–Kier alpha value is -1.28. The third-order valence-electron chi connectivity index (χ3n) is 4.87. The summed E-state index contributed by atoms with van der Waals surface area (Å²) in [5.41, 5.74) is 10.4. The molecule has 0 radical (unpaired) electrons. The van der Waals surface area contributed by atoms with Gasteiger partial charge in [0.15, 0.2) is 0 Å². The molecule has 0 bridgehead atoms. The molecule has 1 spiro atoms. The number of rotatable bonds is 2. The van der Waals surface area contributed by atoms with Crippen molar-refractivity contribution < 1.29 is 4.74 Å². The number of allylic oxidation sites excluding steroid dienone is 1. The summed E-state index contributed by atoms with van der Waals surface area (Å²) >= 11 is 0. The van der Waals surface area contributed by atoms with Crippen LogP contribution in [0.15, 0.2) is 24.8 Å². The van der Waals surface area contributed by atoms with Crippen LogP contribution in [0.2, 0.25) is 0 Å². The van der Waals surface area contributed by atoms with Gasteiger partial charge in [0.2, 0.25) is 0 Å². The Morgan fingerprint density at radius 1 is 1.37 bits per heavy atom. The zero-order valence-electron chi connectivity index (χ0n) is 11.7. The van der Waals surface area contributed by atoms with E-state index in [1.165, 1.54) is 29.5 Å². The van der Waals surface area contributed by atoms with Crippen LogP contribution in [0.3, 0.4) is 0 Å². The highest BCUT2D eigenvalue weighted by Gasteiger charge is 2.42. The first-order valence-corrected chi connectivity index (χ1v) is 7.36. The van der Waals surface area contributed by atoms with E-state index in [1.807, 2.05) is 6.92 Å². The number of fused-ring (bicyclic) bond motifs is 1. The van der Waals surface area contributed by atoms with E-state index in [2.05, 4.69) is 24.8 Å². The smallest absolute Gasteiger partial charge is 0.119 e. The second-order valence-electron chi connectivity index (χ2n) is 6.03. The van der Waals surface area contributed by atoms with Crippen LogP contribution in [-0.2, 0) is 6.42 Å². The van der Waals surface area contributed by atoms with Crippen LogP contribution in [-0.4, -0.2) is 12.6 Å². The first-order valence-electron chi connectivity index (χ1n) is 7.36.